The zero-order valence-electron chi connectivity index (χ0n) is 9.17. The molecule has 0 aliphatic heterocycles. The van der Waals surface area contributed by atoms with Gasteiger partial charge in [0.2, 0.25) is 0 Å². The highest BCUT2D eigenvalue weighted by Crippen LogP contribution is 2.34. The summed E-state index contributed by atoms with van der Waals surface area (Å²) in [6.45, 7) is 3.56. The van der Waals surface area contributed by atoms with Gasteiger partial charge in [-0.1, -0.05) is 36.2 Å². The molecule has 0 radical (unpaired) electrons. The number of halogens is 2. The summed E-state index contributed by atoms with van der Waals surface area (Å²) in [5, 5.41) is 19.3. The summed E-state index contributed by atoms with van der Waals surface area (Å²) in [4.78, 5) is 0. The molecule has 2 atom stereocenters. The average molecular weight is 258 g/mol. The third kappa shape index (κ3) is 2.32. The van der Waals surface area contributed by atoms with Gasteiger partial charge in [-0.2, -0.15) is 5.26 Å². The normalized spacial score (nSPS) is 16.2. The van der Waals surface area contributed by atoms with E-state index in [1.807, 2.05) is 6.92 Å². The molecule has 0 saturated carbocycles. The molecule has 1 N–H and O–H groups in total. The van der Waals surface area contributed by atoms with Crippen molar-refractivity contribution in [3.05, 3.63) is 33.8 Å². The van der Waals surface area contributed by atoms with Crippen LogP contribution < -0.4 is 0 Å². The van der Waals surface area contributed by atoms with Crippen molar-refractivity contribution in [2.24, 2.45) is 5.92 Å². The molecule has 1 rings (SSSR count). The van der Waals surface area contributed by atoms with E-state index < -0.39 is 5.41 Å². The van der Waals surface area contributed by atoms with E-state index >= 15 is 0 Å². The number of nitrogens with zero attached hydrogens (tertiary/aromatic N) is 1. The van der Waals surface area contributed by atoms with E-state index in [0.717, 1.165) is 5.56 Å². The van der Waals surface area contributed by atoms with Crippen LogP contribution in [-0.4, -0.2) is 11.7 Å². The monoisotopic (exact) mass is 257 g/mol. The average Bonchev–Trinajstić information content (AvgIpc) is 2.30. The summed E-state index contributed by atoms with van der Waals surface area (Å²) in [6, 6.07) is 7.34. The number of aliphatic hydroxyl groups is 1. The van der Waals surface area contributed by atoms with Crippen molar-refractivity contribution in [3.63, 3.8) is 0 Å². The fourth-order valence-electron chi connectivity index (χ4n) is 1.46. The fourth-order valence-corrected chi connectivity index (χ4v) is 1.76. The molecule has 4 heteroatoms. The molecule has 0 unspecified atom stereocenters. The molecule has 86 valence electrons. The number of hydrogen-bond acceptors (Lipinski definition) is 2. The molecule has 0 saturated heterocycles. The maximum Gasteiger partial charge on any atom is 0.0842 e. The zero-order chi connectivity index (χ0) is 12.3. The molecule has 0 aromatic heterocycles. The molecule has 0 aliphatic carbocycles. The second-order valence-electron chi connectivity index (χ2n) is 4.03. The van der Waals surface area contributed by atoms with E-state index in [-0.39, 0.29) is 12.5 Å². The Morgan fingerprint density at radius 1 is 1.44 bits per heavy atom. The highest BCUT2D eigenvalue weighted by molar-refractivity contribution is 6.42. The van der Waals surface area contributed by atoms with Crippen LogP contribution in [0.3, 0.4) is 0 Å². The molecule has 0 bridgehead atoms. The molecule has 0 amide bonds. The maximum atomic E-state index is 9.26. The van der Waals surface area contributed by atoms with Gasteiger partial charge in [0, 0.05) is 12.5 Å². The number of aliphatic hydroxyl groups excluding tert-OH is 1. The van der Waals surface area contributed by atoms with Crippen LogP contribution in [0.4, 0.5) is 0 Å². The lowest BCUT2D eigenvalue weighted by molar-refractivity contribution is 0.197. The van der Waals surface area contributed by atoms with Gasteiger partial charge < -0.3 is 5.11 Å². The first-order valence-corrected chi connectivity index (χ1v) is 5.69. The minimum atomic E-state index is -0.761. The first kappa shape index (κ1) is 13.3. The first-order valence-electron chi connectivity index (χ1n) is 4.93. The van der Waals surface area contributed by atoms with Crippen molar-refractivity contribution < 1.29 is 5.11 Å². The summed E-state index contributed by atoms with van der Waals surface area (Å²) in [7, 11) is 0. The third-order valence-electron chi connectivity index (χ3n) is 3.01. The molecule has 0 fully saturated rings. The van der Waals surface area contributed by atoms with Gasteiger partial charge in [-0.3, -0.25) is 0 Å². The molecular weight excluding hydrogens is 245 g/mol. The molecule has 0 aliphatic rings. The van der Waals surface area contributed by atoms with Crippen molar-refractivity contribution in [2.75, 3.05) is 6.61 Å². The van der Waals surface area contributed by atoms with Crippen molar-refractivity contribution in [3.8, 4) is 6.07 Å². The molecule has 0 spiro atoms. The first-order chi connectivity index (χ1) is 7.45. The van der Waals surface area contributed by atoms with Gasteiger partial charge in [-0.25, -0.2) is 0 Å². The smallest absolute Gasteiger partial charge is 0.0842 e. The maximum absolute atomic E-state index is 9.26. The predicted octanol–water partition coefficient (Wildman–Crippen LogP) is 3.40. The summed E-state index contributed by atoms with van der Waals surface area (Å²) < 4.78 is 0. The van der Waals surface area contributed by atoms with Crippen molar-refractivity contribution in [1.82, 2.24) is 0 Å². The summed E-state index contributed by atoms with van der Waals surface area (Å²) >= 11 is 11.7. The van der Waals surface area contributed by atoms with Gasteiger partial charge in [0.15, 0.2) is 0 Å². The topological polar surface area (TPSA) is 44.0 Å². The Hall–Kier alpha value is -0.750. The van der Waals surface area contributed by atoms with Crippen molar-refractivity contribution in [1.29, 1.82) is 5.26 Å². The van der Waals surface area contributed by atoms with Gasteiger partial charge in [0.05, 0.1) is 21.5 Å². The van der Waals surface area contributed by atoms with Crippen LogP contribution >= 0.6 is 23.2 Å². The Kier molecular flexibility index (Phi) is 4.21. The Labute approximate surface area is 105 Å². The SMILES string of the molecule is C[C@H](CO)[C@](C)(C#N)c1ccc(Cl)c(Cl)c1. The predicted molar refractivity (Wildman–Crippen MR) is 65.7 cm³/mol. The highest BCUT2D eigenvalue weighted by atomic mass is 35.5. The van der Waals surface area contributed by atoms with E-state index in [1.165, 1.54) is 0 Å². The minimum Gasteiger partial charge on any atom is -0.396 e. The van der Waals surface area contributed by atoms with Crippen LogP contribution in [0.15, 0.2) is 18.2 Å². The number of nitriles is 1. The third-order valence-corrected chi connectivity index (χ3v) is 3.75. The summed E-state index contributed by atoms with van der Waals surface area (Å²) in [5.74, 6) is -0.172. The summed E-state index contributed by atoms with van der Waals surface area (Å²) in [6.07, 6.45) is 0. The van der Waals surface area contributed by atoms with Gasteiger partial charge in [-0.05, 0) is 24.6 Å². The Morgan fingerprint density at radius 2 is 2.06 bits per heavy atom. The number of hydrogen-bond donors (Lipinski definition) is 1. The van der Waals surface area contributed by atoms with Gasteiger partial charge in [0.1, 0.15) is 0 Å². The lowest BCUT2D eigenvalue weighted by atomic mass is 9.74. The van der Waals surface area contributed by atoms with E-state index in [1.54, 1.807) is 25.1 Å². The molecule has 1 aromatic carbocycles. The fraction of sp³-hybridized carbons (Fsp3) is 0.417. The zero-order valence-corrected chi connectivity index (χ0v) is 10.7. The van der Waals surface area contributed by atoms with Gasteiger partial charge in [0.25, 0.3) is 0 Å². The minimum absolute atomic E-state index is 0.0513. The molecule has 16 heavy (non-hydrogen) atoms. The van der Waals surface area contributed by atoms with Crippen LogP contribution in [-0.2, 0) is 5.41 Å². The van der Waals surface area contributed by atoms with Crippen molar-refractivity contribution >= 4 is 23.2 Å². The van der Waals surface area contributed by atoms with Gasteiger partial charge in [-0.15, -0.1) is 0 Å². The number of benzene rings is 1. The molecule has 1 aromatic rings. The van der Waals surface area contributed by atoms with Crippen LogP contribution in [0.2, 0.25) is 10.0 Å². The molecular formula is C12H13Cl2NO. The van der Waals surface area contributed by atoms with Crippen LogP contribution in [0.1, 0.15) is 19.4 Å². The Balaban J connectivity index is 3.24. The second kappa shape index (κ2) is 5.05. The standard InChI is InChI=1S/C12H13Cl2NO/c1-8(6-16)12(2,7-15)9-3-4-10(13)11(14)5-9/h3-5,8,16H,6H2,1-2H3/t8-,12+/m1/s1. The molecule has 0 heterocycles. The Bertz CT molecular complexity index is 428. The second-order valence-corrected chi connectivity index (χ2v) is 4.84. The van der Waals surface area contributed by atoms with Crippen molar-refractivity contribution in [2.45, 2.75) is 19.3 Å². The summed E-state index contributed by atoms with van der Waals surface area (Å²) in [5.41, 5.74) is 0.00846. The van der Waals surface area contributed by atoms with E-state index in [0.29, 0.717) is 10.0 Å². The largest absolute Gasteiger partial charge is 0.396 e. The van der Waals surface area contributed by atoms with E-state index in [9.17, 15) is 10.4 Å². The highest BCUT2D eigenvalue weighted by Gasteiger charge is 2.33. The van der Waals surface area contributed by atoms with Crippen LogP contribution in [0.25, 0.3) is 0 Å². The lowest BCUT2D eigenvalue weighted by Crippen LogP contribution is -2.30. The molecule has 2 nitrogen and oxygen atoms in total. The van der Waals surface area contributed by atoms with Crippen LogP contribution in [0, 0.1) is 17.2 Å². The Morgan fingerprint density at radius 3 is 2.50 bits per heavy atom. The van der Waals surface area contributed by atoms with E-state index in [2.05, 4.69) is 6.07 Å². The lowest BCUT2D eigenvalue weighted by Gasteiger charge is -2.28. The van der Waals surface area contributed by atoms with E-state index in [4.69, 9.17) is 23.2 Å². The number of rotatable bonds is 3. The van der Waals surface area contributed by atoms with Gasteiger partial charge >= 0.3 is 0 Å². The van der Waals surface area contributed by atoms with Crippen LogP contribution in [0.5, 0.6) is 0 Å². The quantitative estimate of drug-likeness (QED) is 0.902.